The number of ether oxygens (including phenoxy) is 1. The number of anilines is 3. The Labute approximate surface area is 146 Å². The van der Waals surface area contributed by atoms with Crippen molar-refractivity contribution in [2.45, 2.75) is 25.9 Å². The SMILES string of the molecule is COC1CCN(c2cc(Nc3ccn4ccnc4c3)nc(C)n2)CC1. The fourth-order valence-corrected chi connectivity index (χ4v) is 3.23. The number of nitrogens with zero attached hydrogens (tertiary/aromatic N) is 5. The van der Waals surface area contributed by atoms with E-state index in [-0.39, 0.29) is 0 Å². The summed E-state index contributed by atoms with van der Waals surface area (Å²) in [7, 11) is 1.79. The number of rotatable bonds is 4. The molecule has 1 fully saturated rings. The molecule has 0 amide bonds. The number of hydrogen-bond donors (Lipinski definition) is 1. The Morgan fingerprint density at radius 2 is 2.00 bits per heavy atom. The fourth-order valence-electron chi connectivity index (χ4n) is 3.23. The van der Waals surface area contributed by atoms with Crippen LogP contribution in [0.5, 0.6) is 0 Å². The molecule has 4 rings (SSSR count). The Balaban J connectivity index is 1.55. The summed E-state index contributed by atoms with van der Waals surface area (Å²) in [5.74, 6) is 2.52. The van der Waals surface area contributed by atoms with Gasteiger partial charge in [0.05, 0.1) is 6.10 Å². The highest BCUT2D eigenvalue weighted by Gasteiger charge is 2.20. The molecule has 1 aliphatic heterocycles. The minimum atomic E-state index is 0.359. The third-order valence-corrected chi connectivity index (χ3v) is 4.59. The summed E-state index contributed by atoms with van der Waals surface area (Å²) in [6.45, 7) is 3.83. The van der Waals surface area contributed by atoms with Crippen LogP contribution in [0.4, 0.5) is 17.3 Å². The summed E-state index contributed by atoms with van der Waals surface area (Å²) >= 11 is 0. The Bertz CT molecular complexity index is 869. The van der Waals surface area contributed by atoms with Gasteiger partial charge in [-0.05, 0) is 25.8 Å². The van der Waals surface area contributed by atoms with Crippen molar-refractivity contribution in [2.24, 2.45) is 0 Å². The monoisotopic (exact) mass is 338 g/mol. The normalized spacial score (nSPS) is 15.7. The number of aryl methyl sites for hydroxylation is 1. The van der Waals surface area contributed by atoms with Gasteiger partial charge >= 0.3 is 0 Å². The molecule has 0 bridgehead atoms. The molecule has 3 aromatic heterocycles. The highest BCUT2D eigenvalue weighted by atomic mass is 16.5. The van der Waals surface area contributed by atoms with Gasteiger partial charge in [-0.15, -0.1) is 0 Å². The maximum atomic E-state index is 5.45. The first-order chi connectivity index (χ1) is 12.2. The van der Waals surface area contributed by atoms with Crippen LogP contribution in [0, 0.1) is 6.92 Å². The van der Waals surface area contributed by atoms with Gasteiger partial charge in [-0.3, -0.25) is 0 Å². The number of aromatic nitrogens is 4. The zero-order valence-corrected chi connectivity index (χ0v) is 14.5. The molecule has 7 nitrogen and oxygen atoms in total. The van der Waals surface area contributed by atoms with Crippen LogP contribution in [0.3, 0.4) is 0 Å². The number of nitrogens with one attached hydrogen (secondary N) is 1. The summed E-state index contributed by atoms with van der Waals surface area (Å²) in [4.78, 5) is 15.7. The van der Waals surface area contributed by atoms with Gasteiger partial charge in [0.25, 0.3) is 0 Å². The quantitative estimate of drug-likeness (QED) is 0.789. The van der Waals surface area contributed by atoms with Gasteiger partial charge in [0, 0.05) is 56.6 Å². The zero-order valence-electron chi connectivity index (χ0n) is 14.5. The van der Waals surface area contributed by atoms with Gasteiger partial charge in [-0.25, -0.2) is 15.0 Å². The molecule has 1 aliphatic rings. The first-order valence-corrected chi connectivity index (χ1v) is 8.54. The third-order valence-electron chi connectivity index (χ3n) is 4.59. The van der Waals surface area contributed by atoms with Gasteiger partial charge < -0.3 is 19.4 Å². The summed E-state index contributed by atoms with van der Waals surface area (Å²) in [5.41, 5.74) is 1.86. The van der Waals surface area contributed by atoms with Gasteiger partial charge in [0.15, 0.2) is 0 Å². The molecule has 3 aromatic rings. The van der Waals surface area contributed by atoms with E-state index in [1.54, 1.807) is 13.3 Å². The predicted molar refractivity (Wildman–Crippen MR) is 97.5 cm³/mol. The summed E-state index contributed by atoms with van der Waals surface area (Å²) in [6, 6.07) is 6.02. The lowest BCUT2D eigenvalue weighted by molar-refractivity contribution is 0.0818. The Morgan fingerprint density at radius 1 is 1.16 bits per heavy atom. The fraction of sp³-hybridized carbons (Fsp3) is 0.389. The van der Waals surface area contributed by atoms with Crippen molar-refractivity contribution in [3.8, 4) is 0 Å². The third kappa shape index (κ3) is 3.41. The van der Waals surface area contributed by atoms with Crippen LogP contribution in [-0.2, 0) is 4.74 Å². The lowest BCUT2D eigenvalue weighted by Gasteiger charge is -2.32. The molecule has 1 N–H and O–H groups in total. The van der Waals surface area contributed by atoms with Crippen molar-refractivity contribution >= 4 is 23.0 Å². The topological polar surface area (TPSA) is 67.6 Å². The first-order valence-electron chi connectivity index (χ1n) is 8.54. The molecule has 1 saturated heterocycles. The van der Waals surface area contributed by atoms with Crippen LogP contribution in [-0.4, -0.2) is 45.7 Å². The molecule has 0 aromatic carbocycles. The second-order valence-corrected chi connectivity index (χ2v) is 6.31. The van der Waals surface area contributed by atoms with E-state index in [2.05, 4.69) is 25.2 Å². The molecule has 0 unspecified atom stereocenters. The summed E-state index contributed by atoms with van der Waals surface area (Å²) < 4.78 is 7.42. The lowest BCUT2D eigenvalue weighted by atomic mass is 10.1. The van der Waals surface area contributed by atoms with Gasteiger partial charge in [-0.2, -0.15) is 0 Å². The number of fused-ring (bicyclic) bond motifs is 1. The van der Waals surface area contributed by atoms with E-state index < -0.39 is 0 Å². The van der Waals surface area contributed by atoms with Crippen molar-refractivity contribution in [1.29, 1.82) is 0 Å². The standard InChI is InChI=1S/C18H22N6O/c1-13-20-16(22-14-3-7-24-10-6-19-17(24)11-14)12-18(21-13)23-8-4-15(25-2)5-9-23/h3,6-7,10-12,15H,4-5,8-9H2,1-2H3,(H,20,21,22). The van der Waals surface area contributed by atoms with Crippen molar-refractivity contribution < 1.29 is 4.74 Å². The molecule has 130 valence electrons. The number of imidazole rings is 1. The predicted octanol–water partition coefficient (Wildman–Crippen LogP) is 2.79. The largest absolute Gasteiger partial charge is 0.381 e. The van der Waals surface area contributed by atoms with Crippen LogP contribution < -0.4 is 10.2 Å². The maximum Gasteiger partial charge on any atom is 0.138 e. The molecule has 0 spiro atoms. The Kier molecular flexibility index (Phi) is 4.23. The van der Waals surface area contributed by atoms with Crippen LogP contribution in [0.1, 0.15) is 18.7 Å². The van der Waals surface area contributed by atoms with Crippen LogP contribution in [0.2, 0.25) is 0 Å². The number of piperidine rings is 1. The van der Waals surface area contributed by atoms with Crippen molar-refractivity contribution in [2.75, 3.05) is 30.4 Å². The molecular weight excluding hydrogens is 316 g/mol. The Morgan fingerprint density at radius 3 is 2.80 bits per heavy atom. The van der Waals surface area contributed by atoms with E-state index in [9.17, 15) is 0 Å². The molecule has 7 heteroatoms. The van der Waals surface area contributed by atoms with Gasteiger partial charge in [0.1, 0.15) is 23.1 Å². The summed E-state index contributed by atoms with van der Waals surface area (Å²) in [6.07, 6.45) is 8.11. The number of pyridine rings is 1. The highest BCUT2D eigenvalue weighted by molar-refractivity contribution is 5.63. The van der Waals surface area contributed by atoms with Gasteiger partial charge in [0.2, 0.25) is 0 Å². The smallest absolute Gasteiger partial charge is 0.138 e. The Hall–Kier alpha value is -2.67. The average Bonchev–Trinajstić information content (AvgIpc) is 3.09. The van der Waals surface area contributed by atoms with E-state index in [0.717, 1.165) is 54.7 Å². The van der Waals surface area contributed by atoms with E-state index in [0.29, 0.717) is 6.10 Å². The van der Waals surface area contributed by atoms with E-state index in [4.69, 9.17) is 4.74 Å². The van der Waals surface area contributed by atoms with E-state index in [1.165, 1.54) is 0 Å². The highest BCUT2D eigenvalue weighted by Crippen LogP contribution is 2.23. The minimum Gasteiger partial charge on any atom is -0.381 e. The molecule has 25 heavy (non-hydrogen) atoms. The minimum absolute atomic E-state index is 0.359. The molecule has 4 heterocycles. The molecule has 0 saturated carbocycles. The lowest BCUT2D eigenvalue weighted by Crippen LogP contribution is -2.37. The van der Waals surface area contributed by atoms with Crippen molar-refractivity contribution in [1.82, 2.24) is 19.4 Å². The second-order valence-electron chi connectivity index (χ2n) is 6.31. The van der Waals surface area contributed by atoms with Gasteiger partial charge in [-0.1, -0.05) is 0 Å². The van der Waals surface area contributed by atoms with Crippen molar-refractivity contribution in [3.63, 3.8) is 0 Å². The van der Waals surface area contributed by atoms with E-state index in [1.807, 2.05) is 41.9 Å². The molecule has 0 aliphatic carbocycles. The second kappa shape index (κ2) is 6.68. The summed E-state index contributed by atoms with van der Waals surface area (Å²) in [5, 5.41) is 3.37. The molecule has 0 atom stereocenters. The maximum absolute atomic E-state index is 5.45. The number of hydrogen-bond acceptors (Lipinski definition) is 6. The first kappa shape index (κ1) is 15.8. The van der Waals surface area contributed by atoms with Crippen LogP contribution >= 0.6 is 0 Å². The van der Waals surface area contributed by atoms with E-state index >= 15 is 0 Å². The van der Waals surface area contributed by atoms with Crippen molar-refractivity contribution in [3.05, 3.63) is 42.6 Å². The average molecular weight is 338 g/mol. The molecule has 0 radical (unpaired) electrons. The zero-order chi connectivity index (χ0) is 17.2. The number of methoxy groups -OCH3 is 1. The van der Waals surface area contributed by atoms with Crippen LogP contribution in [0.25, 0.3) is 5.65 Å². The molecular formula is C18H22N6O. The van der Waals surface area contributed by atoms with Crippen LogP contribution in [0.15, 0.2) is 36.8 Å².